The minimum Gasteiger partial charge on any atom is -0.541 e. The Morgan fingerprint density at radius 2 is 2.00 bits per heavy atom. The summed E-state index contributed by atoms with van der Waals surface area (Å²) < 4.78 is 0. The summed E-state index contributed by atoms with van der Waals surface area (Å²) in [4.78, 5) is 19.7. The van der Waals surface area contributed by atoms with Crippen LogP contribution in [0.2, 0.25) is 0 Å². The van der Waals surface area contributed by atoms with E-state index in [0.717, 1.165) is 0 Å². The molecule has 1 atom stereocenters. The van der Waals surface area contributed by atoms with E-state index in [1.54, 1.807) is 6.29 Å². The fourth-order valence-electron chi connectivity index (χ4n) is 0.0830. The van der Waals surface area contributed by atoms with Crippen molar-refractivity contribution in [1.29, 1.82) is 0 Å². The number of hydrogen-bond acceptors (Lipinski definition) is 2. The van der Waals surface area contributed by atoms with Gasteiger partial charge in [0.25, 0.3) is 0 Å². The van der Waals surface area contributed by atoms with Crippen molar-refractivity contribution in [1.82, 2.24) is 0 Å². The number of hydrogen-bond donors (Lipinski definition) is 0. The van der Waals surface area contributed by atoms with Crippen molar-refractivity contribution >= 4 is 12.1 Å². The quantitative estimate of drug-likeness (QED) is 0.461. The molecule has 0 radical (unpaired) electrons. The van der Waals surface area contributed by atoms with E-state index < -0.39 is 5.92 Å². The van der Waals surface area contributed by atoms with Gasteiger partial charge in [-0.15, -0.1) is 0 Å². The third kappa shape index (κ3) is 4.60. The fraction of sp³-hybridized carbons (Fsp3) is 0.600. The Bertz CT molecular complexity index is 90.4. The Morgan fingerprint density at radius 3 is 2.00 bits per heavy atom. The van der Waals surface area contributed by atoms with Crippen LogP contribution in [0, 0.1) is 5.92 Å². The molecule has 0 aromatic rings. The summed E-state index contributed by atoms with van der Waals surface area (Å²) in [6, 6.07) is 0. The predicted molar refractivity (Wildman–Crippen MR) is 25.5 cm³/mol. The van der Waals surface area contributed by atoms with Gasteiger partial charge < -0.3 is 9.59 Å². The van der Waals surface area contributed by atoms with Gasteiger partial charge in [0, 0.05) is 0 Å². The molecule has 0 rings (SSSR count). The van der Waals surface area contributed by atoms with Gasteiger partial charge in [-0.05, 0) is 6.92 Å². The van der Waals surface area contributed by atoms with Crippen molar-refractivity contribution < 1.29 is 42.3 Å². The fourth-order valence-corrected chi connectivity index (χ4v) is 0.0830. The summed E-state index contributed by atoms with van der Waals surface area (Å²) >= 11 is 0. The van der Waals surface area contributed by atoms with Gasteiger partial charge in [-0.2, -0.15) is 0 Å². The van der Waals surface area contributed by atoms with E-state index in [1.165, 1.54) is 13.8 Å². The topological polar surface area (TPSA) is 34.1 Å². The summed E-state index contributed by atoms with van der Waals surface area (Å²) in [5, 5.41) is 0. The van der Waals surface area contributed by atoms with E-state index in [4.69, 9.17) is 0 Å². The molecule has 0 aliphatic rings. The van der Waals surface area contributed by atoms with Gasteiger partial charge in [-0.25, -0.2) is 0 Å². The first-order valence-corrected chi connectivity index (χ1v) is 2.06. The van der Waals surface area contributed by atoms with Crippen molar-refractivity contribution in [3.8, 4) is 0 Å². The molecular formula is C5H7O2Y+2. The number of Topliss-reactive ketones (excluding diaryl/α,β-unsaturated/α-hetero) is 1. The minimum absolute atomic E-state index is 0. The minimum atomic E-state index is -0.542. The second-order valence-electron chi connectivity index (χ2n) is 1.45. The molecule has 8 heavy (non-hydrogen) atoms. The molecule has 40 valence electrons. The zero-order chi connectivity index (χ0) is 5.86. The van der Waals surface area contributed by atoms with Crippen LogP contribution < -0.4 is 0 Å². The maximum absolute atomic E-state index is 10.1. The normalized spacial score (nSPS) is 11.2. The molecule has 0 aromatic carbocycles. The third-order valence-electron chi connectivity index (χ3n) is 0.787. The van der Waals surface area contributed by atoms with Crippen LogP contribution in [0.5, 0.6) is 0 Å². The molecule has 0 saturated heterocycles. The van der Waals surface area contributed by atoms with Crippen LogP contribution in [-0.4, -0.2) is 12.1 Å². The summed E-state index contributed by atoms with van der Waals surface area (Å²) in [6.45, 7) is 2.89. The van der Waals surface area contributed by atoms with Crippen molar-refractivity contribution in [2.24, 2.45) is 5.92 Å². The van der Waals surface area contributed by atoms with E-state index in [9.17, 15) is 9.59 Å². The monoisotopic (exact) mass is 188 g/mol. The Labute approximate surface area is 73.9 Å². The molecule has 0 saturated carbocycles. The van der Waals surface area contributed by atoms with Crippen LogP contribution in [-0.2, 0) is 42.3 Å². The Balaban J connectivity index is 0. The molecule has 2 nitrogen and oxygen atoms in total. The van der Waals surface area contributed by atoms with Gasteiger partial charge >= 0.3 is 32.7 Å². The van der Waals surface area contributed by atoms with Gasteiger partial charge in [0.2, 0.25) is 0 Å². The molecule has 0 fully saturated rings. The molecular weight excluding hydrogens is 181 g/mol. The van der Waals surface area contributed by atoms with Crippen molar-refractivity contribution in [3.63, 3.8) is 0 Å². The Hall–Kier alpha value is 0.444. The molecule has 0 amide bonds. The van der Waals surface area contributed by atoms with E-state index in [0.29, 0.717) is 0 Å². The maximum atomic E-state index is 10.1. The number of ketones is 1. The molecule has 0 N–H and O–H groups in total. The van der Waals surface area contributed by atoms with Crippen molar-refractivity contribution in [2.45, 2.75) is 13.8 Å². The molecule has 0 aliphatic heterocycles. The first-order chi connectivity index (χ1) is 3.18. The summed E-state index contributed by atoms with van der Waals surface area (Å²) in [5.74, 6) is -0.671. The Morgan fingerprint density at radius 1 is 1.62 bits per heavy atom. The SMILES string of the molecule is CC(=O)C(C)[C-]=O.[Y+3]. The summed E-state index contributed by atoms with van der Waals surface area (Å²) in [5.41, 5.74) is 0. The third-order valence-corrected chi connectivity index (χ3v) is 0.787. The standard InChI is InChI=1S/C5H7O2.Y/c1-4(3-6)5(2)7;/h4H,1-2H3;/q-1;+3. The molecule has 0 aromatic heterocycles. The molecule has 0 spiro atoms. The number of carbonyl (C=O) groups is 1. The zero-order valence-electron chi connectivity index (χ0n) is 4.97. The van der Waals surface area contributed by atoms with Crippen LogP contribution in [0.1, 0.15) is 13.8 Å². The van der Waals surface area contributed by atoms with Crippen LogP contribution in [0.3, 0.4) is 0 Å². The molecule has 0 aliphatic carbocycles. The van der Waals surface area contributed by atoms with Crippen LogP contribution in [0.25, 0.3) is 0 Å². The smallest absolute Gasteiger partial charge is 0.541 e. The first kappa shape index (κ1) is 11.3. The van der Waals surface area contributed by atoms with Gasteiger partial charge in [-0.3, -0.25) is 6.29 Å². The predicted octanol–water partition coefficient (Wildman–Crippen LogP) is 0.319. The van der Waals surface area contributed by atoms with Crippen LogP contribution in [0.15, 0.2) is 0 Å². The van der Waals surface area contributed by atoms with Gasteiger partial charge in [0.05, 0.1) is 0 Å². The molecule has 3 heteroatoms. The Kier molecular flexibility index (Phi) is 7.86. The van der Waals surface area contributed by atoms with Crippen LogP contribution in [0.4, 0.5) is 0 Å². The summed E-state index contributed by atoms with van der Waals surface area (Å²) in [7, 11) is 0. The van der Waals surface area contributed by atoms with Crippen molar-refractivity contribution in [3.05, 3.63) is 0 Å². The van der Waals surface area contributed by atoms with Gasteiger partial charge in [0.15, 0.2) is 0 Å². The summed E-state index contributed by atoms with van der Waals surface area (Å²) in [6.07, 6.45) is 1.56. The largest absolute Gasteiger partial charge is 3.00 e. The average molecular weight is 188 g/mol. The number of rotatable bonds is 2. The second kappa shape index (κ2) is 5.58. The van der Waals surface area contributed by atoms with Gasteiger partial charge in [-0.1, -0.05) is 12.8 Å². The average Bonchev–Trinajstić information content (AvgIpc) is 1.65. The van der Waals surface area contributed by atoms with Crippen LogP contribution >= 0.6 is 0 Å². The van der Waals surface area contributed by atoms with E-state index >= 15 is 0 Å². The molecule has 1 unspecified atom stereocenters. The van der Waals surface area contributed by atoms with Gasteiger partial charge in [0.1, 0.15) is 5.78 Å². The van der Waals surface area contributed by atoms with E-state index in [2.05, 4.69) is 0 Å². The second-order valence-corrected chi connectivity index (χ2v) is 1.45. The first-order valence-electron chi connectivity index (χ1n) is 2.06. The van der Waals surface area contributed by atoms with Crippen molar-refractivity contribution in [2.75, 3.05) is 0 Å². The molecule has 0 heterocycles. The van der Waals surface area contributed by atoms with E-state index in [1.807, 2.05) is 0 Å². The number of carbonyl (C=O) groups excluding carboxylic acids is 2. The molecule has 0 bridgehead atoms. The maximum Gasteiger partial charge on any atom is 3.00 e. The zero-order valence-corrected chi connectivity index (χ0v) is 7.81. The van der Waals surface area contributed by atoms with E-state index in [-0.39, 0.29) is 38.5 Å².